The van der Waals surface area contributed by atoms with Crippen LogP contribution in [0.5, 0.6) is 0 Å². The fraction of sp³-hybridized carbons (Fsp3) is 0.0667. The summed E-state index contributed by atoms with van der Waals surface area (Å²) in [5.41, 5.74) is 4.81. The highest BCUT2D eigenvalue weighted by Gasteiger charge is 2.06. The van der Waals surface area contributed by atoms with Crippen molar-refractivity contribution in [2.24, 2.45) is 0 Å². The molecule has 0 amide bonds. The SMILES string of the molecule is C=Cc1cc(C)cc2c1[nH]c1ccccc12. The molecule has 0 atom stereocenters. The van der Waals surface area contributed by atoms with Crippen molar-refractivity contribution in [3.8, 4) is 0 Å². The number of aromatic amines is 1. The van der Waals surface area contributed by atoms with Gasteiger partial charge in [-0.05, 0) is 36.2 Å². The lowest BCUT2D eigenvalue weighted by Crippen LogP contribution is -1.79. The van der Waals surface area contributed by atoms with Gasteiger partial charge in [-0.1, -0.05) is 30.9 Å². The Morgan fingerprint density at radius 2 is 1.94 bits per heavy atom. The zero-order valence-electron chi connectivity index (χ0n) is 9.25. The average Bonchev–Trinajstić information content (AvgIpc) is 2.67. The van der Waals surface area contributed by atoms with Crippen LogP contribution in [-0.2, 0) is 0 Å². The van der Waals surface area contributed by atoms with Gasteiger partial charge in [0.15, 0.2) is 0 Å². The van der Waals surface area contributed by atoms with Gasteiger partial charge in [-0.25, -0.2) is 0 Å². The summed E-state index contributed by atoms with van der Waals surface area (Å²) in [4.78, 5) is 3.45. The molecule has 0 saturated heterocycles. The number of H-pyrrole nitrogens is 1. The molecule has 0 fully saturated rings. The molecule has 0 spiro atoms. The molecule has 0 aliphatic heterocycles. The van der Waals surface area contributed by atoms with E-state index in [1.807, 2.05) is 6.08 Å². The molecule has 78 valence electrons. The van der Waals surface area contributed by atoms with E-state index in [4.69, 9.17) is 0 Å². The number of benzene rings is 2. The maximum atomic E-state index is 3.87. The lowest BCUT2D eigenvalue weighted by atomic mass is 10.1. The van der Waals surface area contributed by atoms with Crippen LogP contribution < -0.4 is 0 Å². The third-order valence-electron chi connectivity index (χ3n) is 3.01. The van der Waals surface area contributed by atoms with Gasteiger partial charge in [0.1, 0.15) is 0 Å². The summed E-state index contributed by atoms with van der Waals surface area (Å²) in [6.07, 6.45) is 1.91. The molecular formula is C15H13N. The predicted molar refractivity (Wildman–Crippen MR) is 70.6 cm³/mol. The van der Waals surface area contributed by atoms with Crippen molar-refractivity contribution in [2.45, 2.75) is 6.92 Å². The Balaban J connectivity index is 2.59. The number of aromatic nitrogens is 1. The molecule has 0 unspecified atom stereocenters. The van der Waals surface area contributed by atoms with Gasteiger partial charge in [0.2, 0.25) is 0 Å². The molecule has 2 aromatic carbocycles. The van der Waals surface area contributed by atoms with Crippen LogP contribution in [0.25, 0.3) is 27.9 Å². The Kier molecular flexibility index (Phi) is 1.87. The molecule has 3 rings (SSSR count). The van der Waals surface area contributed by atoms with E-state index in [1.165, 1.54) is 32.9 Å². The lowest BCUT2D eigenvalue weighted by molar-refractivity contribution is 1.47. The van der Waals surface area contributed by atoms with E-state index < -0.39 is 0 Å². The summed E-state index contributed by atoms with van der Waals surface area (Å²) in [6, 6.07) is 12.8. The predicted octanol–water partition coefficient (Wildman–Crippen LogP) is 4.27. The quantitative estimate of drug-likeness (QED) is 0.613. The second-order valence-electron chi connectivity index (χ2n) is 4.15. The van der Waals surface area contributed by atoms with Crippen molar-refractivity contribution in [3.63, 3.8) is 0 Å². The zero-order valence-corrected chi connectivity index (χ0v) is 9.25. The third kappa shape index (κ3) is 1.18. The van der Waals surface area contributed by atoms with Crippen LogP contribution >= 0.6 is 0 Å². The largest absolute Gasteiger partial charge is 0.354 e. The lowest BCUT2D eigenvalue weighted by Gasteiger charge is -1.99. The van der Waals surface area contributed by atoms with Crippen molar-refractivity contribution in [1.82, 2.24) is 4.98 Å². The van der Waals surface area contributed by atoms with Gasteiger partial charge in [0.05, 0.1) is 5.52 Å². The fourth-order valence-corrected chi connectivity index (χ4v) is 2.29. The van der Waals surface area contributed by atoms with E-state index >= 15 is 0 Å². The Morgan fingerprint density at radius 1 is 1.12 bits per heavy atom. The summed E-state index contributed by atoms with van der Waals surface area (Å²) < 4.78 is 0. The van der Waals surface area contributed by atoms with Crippen molar-refractivity contribution >= 4 is 27.9 Å². The average molecular weight is 207 g/mol. The third-order valence-corrected chi connectivity index (χ3v) is 3.01. The first-order valence-corrected chi connectivity index (χ1v) is 5.43. The number of fused-ring (bicyclic) bond motifs is 3. The molecular weight excluding hydrogens is 194 g/mol. The molecule has 1 aromatic heterocycles. The highest BCUT2D eigenvalue weighted by Crippen LogP contribution is 2.29. The van der Waals surface area contributed by atoms with Gasteiger partial charge >= 0.3 is 0 Å². The van der Waals surface area contributed by atoms with Crippen molar-refractivity contribution in [3.05, 3.63) is 54.1 Å². The first-order valence-electron chi connectivity index (χ1n) is 5.43. The smallest absolute Gasteiger partial charge is 0.0538 e. The summed E-state index contributed by atoms with van der Waals surface area (Å²) in [5, 5.41) is 2.56. The molecule has 1 heterocycles. The molecule has 1 heteroatoms. The van der Waals surface area contributed by atoms with E-state index in [9.17, 15) is 0 Å². The van der Waals surface area contributed by atoms with E-state index in [1.54, 1.807) is 0 Å². The molecule has 0 saturated carbocycles. The number of nitrogens with one attached hydrogen (secondary N) is 1. The van der Waals surface area contributed by atoms with Crippen LogP contribution in [-0.4, -0.2) is 4.98 Å². The molecule has 0 radical (unpaired) electrons. The molecule has 0 aliphatic carbocycles. The molecule has 0 bridgehead atoms. The van der Waals surface area contributed by atoms with Gasteiger partial charge in [-0.2, -0.15) is 0 Å². The Labute approximate surface area is 94.4 Å². The van der Waals surface area contributed by atoms with Crippen molar-refractivity contribution in [1.29, 1.82) is 0 Å². The van der Waals surface area contributed by atoms with E-state index in [0.29, 0.717) is 0 Å². The van der Waals surface area contributed by atoms with Crippen LogP contribution in [0.2, 0.25) is 0 Å². The van der Waals surface area contributed by atoms with Gasteiger partial charge in [-0.15, -0.1) is 0 Å². The minimum absolute atomic E-state index is 1.17. The van der Waals surface area contributed by atoms with Crippen molar-refractivity contribution < 1.29 is 0 Å². The normalized spacial score (nSPS) is 11.1. The van der Waals surface area contributed by atoms with E-state index in [0.717, 1.165) is 0 Å². The maximum Gasteiger partial charge on any atom is 0.0538 e. The van der Waals surface area contributed by atoms with Crippen LogP contribution in [0.15, 0.2) is 43.0 Å². The summed E-state index contributed by atoms with van der Waals surface area (Å²) in [6.45, 7) is 5.99. The maximum absolute atomic E-state index is 3.87. The minimum Gasteiger partial charge on any atom is -0.354 e. The summed E-state index contributed by atoms with van der Waals surface area (Å²) in [7, 11) is 0. The number of hydrogen-bond donors (Lipinski definition) is 1. The first kappa shape index (κ1) is 9.22. The van der Waals surface area contributed by atoms with E-state index in [2.05, 4.69) is 54.9 Å². The summed E-state index contributed by atoms with van der Waals surface area (Å²) >= 11 is 0. The standard InChI is InChI=1S/C15H13N/c1-3-11-8-10(2)9-13-12-6-4-5-7-14(12)16-15(11)13/h3-9,16H,1H2,2H3. The zero-order chi connectivity index (χ0) is 11.1. The number of aryl methyl sites for hydroxylation is 1. The van der Waals surface area contributed by atoms with Gasteiger partial charge in [-0.3, -0.25) is 0 Å². The highest BCUT2D eigenvalue weighted by atomic mass is 14.7. The van der Waals surface area contributed by atoms with Crippen LogP contribution in [0, 0.1) is 6.92 Å². The van der Waals surface area contributed by atoms with Crippen LogP contribution in [0.4, 0.5) is 0 Å². The second kappa shape index (κ2) is 3.24. The monoisotopic (exact) mass is 207 g/mol. The minimum atomic E-state index is 1.17. The fourth-order valence-electron chi connectivity index (χ4n) is 2.29. The second-order valence-corrected chi connectivity index (χ2v) is 4.15. The molecule has 1 N–H and O–H groups in total. The Morgan fingerprint density at radius 3 is 2.75 bits per heavy atom. The van der Waals surface area contributed by atoms with Crippen molar-refractivity contribution in [2.75, 3.05) is 0 Å². The topological polar surface area (TPSA) is 15.8 Å². The number of rotatable bonds is 1. The Bertz CT molecular complexity index is 689. The van der Waals surface area contributed by atoms with Crippen LogP contribution in [0.3, 0.4) is 0 Å². The molecule has 16 heavy (non-hydrogen) atoms. The Hall–Kier alpha value is -2.02. The molecule has 3 aromatic rings. The molecule has 0 aliphatic rings. The highest BCUT2D eigenvalue weighted by molar-refractivity contribution is 6.09. The summed E-state index contributed by atoms with van der Waals surface area (Å²) in [5.74, 6) is 0. The van der Waals surface area contributed by atoms with Gasteiger partial charge < -0.3 is 4.98 Å². The number of hydrogen-bond acceptors (Lipinski definition) is 0. The van der Waals surface area contributed by atoms with Gasteiger partial charge in [0.25, 0.3) is 0 Å². The first-order chi connectivity index (χ1) is 7.79. The number of para-hydroxylation sites is 1. The van der Waals surface area contributed by atoms with Gasteiger partial charge in [0, 0.05) is 16.3 Å². The van der Waals surface area contributed by atoms with E-state index in [-0.39, 0.29) is 0 Å². The van der Waals surface area contributed by atoms with Crippen LogP contribution in [0.1, 0.15) is 11.1 Å². The molecule has 1 nitrogen and oxygen atoms in total.